The van der Waals surface area contributed by atoms with E-state index in [4.69, 9.17) is 10.4 Å². The lowest BCUT2D eigenvalue weighted by Crippen LogP contribution is -1.94. The zero-order valence-corrected chi connectivity index (χ0v) is 7.04. The lowest BCUT2D eigenvalue weighted by atomic mass is 10.0. The largest absolute Gasteiger partial charge is 0.396 e. The van der Waals surface area contributed by atoms with Crippen molar-refractivity contribution in [3.63, 3.8) is 0 Å². The Hall–Kier alpha value is -1.33. The topological polar surface area (TPSA) is 44.0 Å². The van der Waals surface area contributed by atoms with Crippen molar-refractivity contribution >= 4 is 0 Å². The normalized spacial score (nSPS) is 9.42. The van der Waals surface area contributed by atoms with Gasteiger partial charge in [-0.05, 0) is 36.6 Å². The minimum atomic E-state index is 0.135. The standard InChI is InChI=1S/C10H11NO/c1-8-2-3-9(7-11)6-10(8)4-5-12/h2-3,6,12H,4-5H2,1H3. The summed E-state index contributed by atoms with van der Waals surface area (Å²) in [6.45, 7) is 2.11. The zero-order chi connectivity index (χ0) is 8.97. The molecule has 0 saturated carbocycles. The maximum absolute atomic E-state index is 8.72. The fourth-order valence-corrected chi connectivity index (χ4v) is 1.13. The van der Waals surface area contributed by atoms with Crippen LogP contribution in [0.25, 0.3) is 0 Å². The summed E-state index contributed by atoms with van der Waals surface area (Å²) in [5.41, 5.74) is 2.84. The Morgan fingerprint density at radius 1 is 1.50 bits per heavy atom. The number of aliphatic hydroxyl groups excluding tert-OH is 1. The Bertz CT molecular complexity index is 312. The lowest BCUT2D eigenvalue weighted by Gasteiger charge is -2.02. The van der Waals surface area contributed by atoms with Crippen LogP contribution in [0.4, 0.5) is 0 Å². The van der Waals surface area contributed by atoms with Gasteiger partial charge in [-0.15, -0.1) is 0 Å². The van der Waals surface area contributed by atoms with Gasteiger partial charge in [-0.25, -0.2) is 0 Å². The molecule has 62 valence electrons. The van der Waals surface area contributed by atoms with Crippen molar-refractivity contribution in [2.45, 2.75) is 13.3 Å². The van der Waals surface area contributed by atoms with Crippen molar-refractivity contribution in [2.75, 3.05) is 6.61 Å². The summed E-state index contributed by atoms with van der Waals surface area (Å²) < 4.78 is 0. The van der Waals surface area contributed by atoms with Gasteiger partial charge in [0.2, 0.25) is 0 Å². The molecule has 0 spiro atoms. The van der Waals surface area contributed by atoms with Crippen molar-refractivity contribution in [1.29, 1.82) is 5.26 Å². The number of nitrogens with zero attached hydrogens (tertiary/aromatic N) is 1. The van der Waals surface area contributed by atoms with Gasteiger partial charge in [0.25, 0.3) is 0 Å². The third-order valence-corrected chi connectivity index (χ3v) is 1.86. The molecule has 0 unspecified atom stereocenters. The van der Waals surface area contributed by atoms with E-state index in [1.54, 1.807) is 6.07 Å². The van der Waals surface area contributed by atoms with Crippen LogP contribution < -0.4 is 0 Å². The van der Waals surface area contributed by atoms with E-state index >= 15 is 0 Å². The number of benzene rings is 1. The molecule has 0 aliphatic carbocycles. The van der Waals surface area contributed by atoms with Crippen molar-refractivity contribution in [3.8, 4) is 6.07 Å². The maximum Gasteiger partial charge on any atom is 0.0991 e. The van der Waals surface area contributed by atoms with Crippen molar-refractivity contribution in [1.82, 2.24) is 0 Å². The molecule has 12 heavy (non-hydrogen) atoms. The highest BCUT2D eigenvalue weighted by molar-refractivity contribution is 5.37. The Morgan fingerprint density at radius 3 is 2.83 bits per heavy atom. The van der Waals surface area contributed by atoms with Crippen LogP contribution in [0.15, 0.2) is 18.2 Å². The number of aliphatic hydroxyl groups is 1. The molecule has 0 fully saturated rings. The van der Waals surface area contributed by atoms with Crippen molar-refractivity contribution in [2.24, 2.45) is 0 Å². The summed E-state index contributed by atoms with van der Waals surface area (Å²) in [6, 6.07) is 7.59. The smallest absolute Gasteiger partial charge is 0.0991 e. The second-order valence-corrected chi connectivity index (χ2v) is 2.73. The molecule has 0 saturated heterocycles. The maximum atomic E-state index is 8.72. The van der Waals surface area contributed by atoms with Crippen LogP contribution in [0.1, 0.15) is 16.7 Å². The molecule has 0 atom stereocenters. The van der Waals surface area contributed by atoms with E-state index in [1.165, 1.54) is 0 Å². The predicted octanol–water partition coefficient (Wildman–Crippen LogP) is 1.40. The summed E-state index contributed by atoms with van der Waals surface area (Å²) in [5, 5.41) is 17.3. The lowest BCUT2D eigenvalue weighted by molar-refractivity contribution is 0.299. The van der Waals surface area contributed by atoms with Gasteiger partial charge in [0.15, 0.2) is 0 Å². The van der Waals surface area contributed by atoms with Crippen molar-refractivity contribution in [3.05, 3.63) is 34.9 Å². The fourth-order valence-electron chi connectivity index (χ4n) is 1.13. The van der Waals surface area contributed by atoms with Gasteiger partial charge in [-0.3, -0.25) is 0 Å². The molecule has 1 aromatic rings. The molecular formula is C10H11NO. The van der Waals surface area contributed by atoms with Gasteiger partial charge in [-0.2, -0.15) is 5.26 Å². The molecule has 1 aromatic carbocycles. The Kier molecular flexibility index (Phi) is 2.84. The van der Waals surface area contributed by atoms with Crippen LogP contribution in [0, 0.1) is 18.3 Å². The van der Waals surface area contributed by atoms with E-state index in [1.807, 2.05) is 19.1 Å². The third kappa shape index (κ3) is 1.84. The van der Waals surface area contributed by atoms with Crippen LogP contribution in [0.5, 0.6) is 0 Å². The summed E-state index contributed by atoms with van der Waals surface area (Å²) in [5.74, 6) is 0. The molecular weight excluding hydrogens is 150 g/mol. The Balaban J connectivity index is 3.01. The van der Waals surface area contributed by atoms with E-state index < -0.39 is 0 Å². The van der Waals surface area contributed by atoms with E-state index in [9.17, 15) is 0 Å². The highest BCUT2D eigenvalue weighted by atomic mass is 16.2. The highest BCUT2D eigenvalue weighted by Crippen LogP contribution is 2.10. The number of hydrogen-bond acceptors (Lipinski definition) is 2. The van der Waals surface area contributed by atoms with Gasteiger partial charge in [-0.1, -0.05) is 6.07 Å². The Morgan fingerprint density at radius 2 is 2.25 bits per heavy atom. The first-order valence-electron chi connectivity index (χ1n) is 3.88. The van der Waals surface area contributed by atoms with E-state index in [0.29, 0.717) is 12.0 Å². The van der Waals surface area contributed by atoms with E-state index in [-0.39, 0.29) is 6.61 Å². The van der Waals surface area contributed by atoms with Crippen LogP contribution in [0.3, 0.4) is 0 Å². The molecule has 0 aliphatic rings. The molecule has 0 amide bonds. The van der Waals surface area contributed by atoms with Gasteiger partial charge in [0.05, 0.1) is 11.6 Å². The molecule has 0 aromatic heterocycles. The fraction of sp³-hybridized carbons (Fsp3) is 0.300. The minimum Gasteiger partial charge on any atom is -0.396 e. The van der Waals surface area contributed by atoms with Gasteiger partial charge < -0.3 is 5.11 Å². The summed E-state index contributed by atoms with van der Waals surface area (Å²) in [4.78, 5) is 0. The van der Waals surface area contributed by atoms with Gasteiger partial charge >= 0.3 is 0 Å². The van der Waals surface area contributed by atoms with Crippen molar-refractivity contribution < 1.29 is 5.11 Å². The van der Waals surface area contributed by atoms with Gasteiger partial charge in [0, 0.05) is 6.61 Å². The van der Waals surface area contributed by atoms with Crippen LogP contribution in [-0.4, -0.2) is 11.7 Å². The number of nitriles is 1. The summed E-state index contributed by atoms with van der Waals surface area (Å²) in [7, 11) is 0. The molecule has 1 rings (SSSR count). The van der Waals surface area contributed by atoms with Crippen LogP contribution in [0.2, 0.25) is 0 Å². The minimum absolute atomic E-state index is 0.135. The molecule has 0 radical (unpaired) electrons. The first-order chi connectivity index (χ1) is 5.77. The van der Waals surface area contributed by atoms with Crippen LogP contribution in [-0.2, 0) is 6.42 Å². The van der Waals surface area contributed by atoms with E-state index in [0.717, 1.165) is 11.1 Å². The monoisotopic (exact) mass is 161 g/mol. The molecule has 2 heteroatoms. The van der Waals surface area contributed by atoms with Gasteiger partial charge in [0.1, 0.15) is 0 Å². The summed E-state index contributed by atoms with van der Waals surface area (Å²) in [6.07, 6.45) is 0.626. The summed E-state index contributed by atoms with van der Waals surface area (Å²) >= 11 is 0. The third-order valence-electron chi connectivity index (χ3n) is 1.86. The average molecular weight is 161 g/mol. The first-order valence-corrected chi connectivity index (χ1v) is 3.88. The number of hydrogen-bond donors (Lipinski definition) is 1. The average Bonchev–Trinajstić information content (AvgIpc) is 2.09. The first kappa shape index (κ1) is 8.76. The second kappa shape index (κ2) is 3.89. The second-order valence-electron chi connectivity index (χ2n) is 2.73. The SMILES string of the molecule is Cc1ccc(C#N)cc1CCO. The molecule has 2 nitrogen and oxygen atoms in total. The number of aryl methyl sites for hydroxylation is 1. The highest BCUT2D eigenvalue weighted by Gasteiger charge is 1.98. The predicted molar refractivity (Wildman–Crippen MR) is 46.7 cm³/mol. The Labute approximate surface area is 72.1 Å². The zero-order valence-electron chi connectivity index (χ0n) is 7.04. The molecule has 0 aliphatic heterocycles. The molecule has 1 N–H and O–H groups in total. The van der Waals surface area contributed by atoms with Crippen LogP contribution >= 0.6 is 0 Å². The number of rotatable bonds is 2. The molecule has 0 heterocycles. The quantitative estimate of drug-likeness (QED) is 0.712. The molecule has 0 bridgehead atoms. The van der Waals surface area contributed by atoms with E-state index in [2.05, 4.69) is 6.07 Å².